The Hall–Kier alpha value is -2.39. The summed E-state index contributed by atoms with van der Waals surface area (Å²) in [6.45, 7) is -0.117. The molecular weight excluding hydrogens is 275 g/mol. The van der Waals surface area contributed by atoms with E-state index in [1.807, 2.05) is 0 Å². The lowest BCUT2D eigenvalue weighted by Gasteiger charge is -2.17. The molecule has 1 aromatic rings. The van der Waals surface area contributed by atoms with Crippen LogP contribution in [0, 0.1) is 17.7 Å². The Bertz CT molecular complexity index is 590. The summed E-state index contributed by atoms with van der Waals surface area (Å²) in [6.07, 6.45) is 0.153. The number of hydrogen-bond donors (Lipinski definition) is 2. The number of halogens is 1. The third kappa shape index (κ3) is 4.89. The summed E-state index contributed by atoms with van der Waals surface area (Å²) < 4.78 is 13.9. The zero-order valence-electron chi connectivity index (χ0n) is 11.9. The van der Waals surface area contributed by atoms with Crippen molar-refractivity contribution in [2.45, 2.75) is 6.42 Å². The number of aliphatic hydroxyl groups excluding tert-OH is 1. The van der Waals surface area contributed by atoms with Gasteiger partial charge in [-0.25, -0.2) is 4.39 Å². The van der Waals surface area contributed by atoms with E-state index in [2.05, 4.69) is 17.2 Å². The highest BCUT2D eigenvalue weighted by Gasteiger charge is 2.16. The number of carbonyl (C=O) groups excluding carboxylic acids is 2. The van der Waals surface area contributed by atoms with Gasteiger partial charge in [-0.15, -0.1) is 0 Å². The summed E-state index contributed by atoms with van der Waals surface area (Å²) in [7, 11) is 3.01. The van der Waals surface area contributed by atoms with E-state index >= 15 is 0 Å². The van der Waals surface area contributed by atoms with E-state index in [1.54, 1.807) is 0 Å². The van der Waals surface area contributed by atoms with Crippen LogP contribution in [0.4, 0.5) is 4.39 Å². The molecule has 0 bridgehead atoms. The fraction of sp³-hybridized carbons (Fsp3) is 0.333. The van der Waals surface area contributed by atoms with E-state index in [0.29, 0.717) is 5.56 Å². The number of nitrogens with one attached hydrogen (secondary N) is 1. The summed E-state index contributed by atoms with van der Waals surface area (Å²) >= 11 is 0. The molecule has 1 rings (SSSR count). The fourth-order valence-corrected chi connectivity index (χ4v) is 1.61. The first kappa shape index (κ1) is 16.7. The molecule has 5 nitrogen and oxygen atoms in total. The molecule has 0 saturated heterocycles. The van der Waals surface area contributed by atoms with E-state index in [1.165, 1.54) is 31.1 Å². The van der Waals surface area contributed by atoms with Gasteiger partial charge < -0.3 is 15.3 Å². The summed E-state index contributed by atoms with van der Waals surface area (Å²) in [5, 5.41) is 11.0. The van der Waals surface area contributed by atoms with Gasteiger partial charge in [-0.2, -0.15) is 0 Å². The number of benzene rings is 1. The molecule has 0 unspecified atom stereocenters. The Morgan fingerprint density at radius 2 is 2.14 bits per heavy atom. The standard InChI is InChI=1S/C15H17FN2O3/c1-17-14(20)7-8-18(2)15(21)12-6-5-11(4-3-9-19)10-13(12)16/h5-6,10,19H,7-9H2,1-2H3,(H,17,20). The van der Waals surface area contributed by atoms with E-state index in [9.17, 15) is 14.0 Å². The van der Waals surface area contributed by atoms with Crippen molar-refractivity contribution in [3.8, 4) is 11.8 Å². The maximum Gasteiger partial charge on any atom is 0.256 e. The van der Waals surface area contributed by atoms with Crippen molar-refractivity contribution in [1.29, 1.82) is 0 Å². The van der Waals surface area contributed by atoms with Crippen LogP contribution in [0.25, 0.3) is 0 Å². The molecule has 0 atom stereocenters. The lowest BCUT2D eigenvalue weighted by Crippen LogP contribution is -2.31. The molecule has 0 aliphatic heterocycles. The summed E-state index contributed by atoms with van der Waals surface area (Å²) in [5.74, 6) is 3.59. The van der Waals surface area contributed by atoms with E-state index < -0.39 is 11.7 Å². The predicted octanol–water partition coefficient (Wildman–Crippen LogP) is 0.378. The Morgan fingerprint density at radius 3 is 2.71 bits per heavy atom. The number of hydrogen-bond acceptors (Lipinski definition) is 3. The SMILES string of the molecule is CNC(=O)CCN(C)C(=O)c1ccc(C#CCO)cc1F. The van der Waals surface area contributed by atoms with Crippen molar-refractivity contribution >= 4 is 11.8 Å². The molecule has 0 fully saturated rings. The highest BCUT2D eigenvalue weighted by atomic mass is 19.1. The van der Waals surface area contributed by atoms with Gasteiger partial charge in [0.1, 0.15) is 12.4 Å². The van der Waals surface area contributed by atoms with E-state index in [4.69, 9.17) is 5.11 Å². The predicted molar refractivity (Wildman–Crippen MR) is 76.0 cm³/mol. The Labute approximate surface area is 122 Å². The van der Waals surface area contributed by atoms with Crippen molar-refractivity contribution in [3.63, 3.8) is 0 Å². The van der Waals surface area contributed by atoms with Crippen LogP contribution in [0.15, 0.2) is 18.2 Å². The maximum absolute atomic E-state index is 13.9. The lowest BCUT2D eigenvalue weighted by atomic mass is 10.1. The van der Waals surface area contributed by atoms with Crippen LogP contribution in [-0.4, -0.2) is 49.1 Å². The van der Waals surface area contributed by atoms with Crippen LogP contribution in [0.3, 0.4) is 0 Å². The van der Waals surface area contributed by atoms with Crippen molar-refractivity contribution < 1.29 is 19.1 Å². The van der Waals surface area contributed by atoms with Gasteiger partial charge in [0.25, 0.3) is 5.91 Å². The second kappa shape index (κ2) is 8.02. The van der Waals surface area contributed by atoms with Crippen LogP contribution in [0.5, 0.6) is 0 Å². The smallest absolute Gasteiger partial charge is 0.256 e. The minimum absolute atomic E-state index is 0.0797. The van der Waals surface area contributed by atoms with Gasteiger partial charge in [-0.05, 0) is 18.2 Å². The van der Waals surface area contributed by atoms with Crippen molar-refractivity contribution in [2.24, 2.45) is 0 Å². The van der Waals surface area contributed by atoms with Crippen LogP contribution >= 0.6 is 0 Å². The maximum atomic E-state index is 13.9. The quantitative estimate of drug-likeness (QED) is 0.788. The molecule has 2 amide bonds. The molecule has 112 valence electrons. The molecule has 0 heterocycles. The molecule has 1 aromatic carbocycles. The van der Waals surface area contributed by atoms with Gasteiger partial charge in [0.2, 0.25) is 5.91 Å². The minimum atomic E-state index is -0.684. The van der Waals surface area contributed by atoms with Crippen molar-refractivity contribution in [1.82, 2.24) is 10.2 Å². The third-order valence-corrected chi connectivity index (χ3v) is 2.81. The Kier molecular flexibility index (Phi) is 6.37. The summed E-state index contributed by atoms with van der Waals surface area (Å²) in [5.41, 5.74) is 0.301. The monoisotopic (exact) mass is 292 g/mol. The number of carbonyl (C=O) groups is 2. The Morgan fingerprint density at radius 1 is 1.43 bits per heavy atom. The van der Waals surface area contributed by atoms with Gasteiger partial charge in [0, 0.05) is 32.6 Å². The average Bonchev–Trinajstić information content (AvgIpc) is 2.49. The van der Waals surface area contributed by atoms with Crippen molar-refractivity contribution in [2.75, 3.05) is 27.2 Å². The zero-order chi connectivity index (χ0) is 15.8. The van der Waals surface area contributed by atoms with E-state index in [0.717, 1.165) is 6.07 Å². The highest BCUT2D eigenvalue weighted by molar-refractivity contribution is 5.94. The van der Waals surface area contributed by atoms with Crippen LogP contribution in [-0.2, 0) is 4.79 Å². The highest BCUT2D eigenvalue weighted by Crippen LogP contribution is 2.12. The second-order valence-electron chi connectivity index (χ2n) is 4.30. The van der Waals surface area contributed by atoms with Crippen LogP contribution in [0.2, 0.25) is 0 Å². The lowest BCUT2D eigenvalue weighted by molar-refractivity contribution is -0.120. The van der Waals surface area contributed by atoms with Crippen LogP contribution in [0.1, 0.15) is 22.3 Å². The van der Waals surface area contributed by atoms with Crippen molar-refractivity contribution in [3.05, 3.63) is 35.1 Å². The molecule has 6 heteroatoms. The van der Waals surface area contributed by atoms with E-state index in [-0.39, 0.29) is 31.0 Å². The van der Waals surface area contributed by atoms with Gasteiger partial charge >= 0.3 is 0 Å². The molecule has 0 saturated carbocycles. The second-order valence-corrected chi connectivity index (χ2v) is 4.30. The molecule has 0 spiro atoms. The molecule has 2 N–H and O–H groups in total. The first-order chi connectivity index (χ1) is 9.99. The number of amides is 2. The zero-order valence-corrected chi connectivity index (χ0v) is 11.9. The van der Waals surface area contributed by atoms with Gasteiger partial charge in [-0.3, -0.25) is 9.59 Å². The Balaban J connectivity index is 2.80. The fourth-order valence-electron chi connectivity index (χ4n) is 1.61. The van der Waals surface area contributed by atoms with Crippen LogP contribution < -0.4 is 5.32 Å². The largest absolute Gasteiger partial charge is 0.384 e. The van der Waals surface area contributed by atoms with Gasteiger partial charge in [-0.1, -0.05) is 11.8 Å². The number of aliphatic hydroxyl groups is 1. The average molecular weight is 292 g/mol. The number of rotatable bonds is 4. The number of nitrogens with zero attached hydrogens (tertiary/aromatic N) is 1. The first-order valence-electron chi connectivity index (χ1n) is 6.35. The summed E-state index contributed by atoms with van der Waals surface area (Å²) in [6, 6.07) is 3.99. The van der Waals surface area contributed by atoms with Gasteiger partial charge in [0.15, 0.2) is 0 Å². The molecule has 0 aliphatic carbocycles. The summed E-state index contributed by atoms with van der Waals surface area (Å²) in [4.78, 5) is 24.5. The molecule has 0 aromatic heterocycles. The molecular formula is C15H17FN2O3. The normalized spacial score (nSPS) is 9.52. The molecule has 21 heavy (non-hydrogen) atoms. The minimum Gasteiger partial charge on any atom is -0.384 e. The third-order valence-electron chi connectivity index (χ3n) is 2.81. The molecule has 0 radical (unpaired) electrons. The topological polar surface area (TPSA) is 69.6 Å². The first-order valence-corrected chi connectivity index (χ1v) is 6.35. The molecule has 0 aliphatic rings. The van der Waals surface area contributed by atoms with Gasteiger partial charge in [0.05, 0.1) is 5.56 Å².